The first-order chi connectivity index (χ1) is 10.7. The number of nitrogens with one attached hydrogen (secondary N) is 1. The topological polar surface area (TPSA) is 77.0 Å². The summed E-state index contributed by atoms with van der Waals surface area (Å²) in [4.78, 5) is 11.5. The number of aliphatic hydroxyl groups is 1. The maximum absolute atomic E-state index is 11.5. The molecular formula is C16H25NO5. The molecule has 0 unspecified atom stereocenters. The zero-order valence-corrected chi connectivity index (χ0v) is 13.2. The minimum absolute atomic E-state index is 0.191. The van der Waals surface area contributed by atoms with E-state index in [1.807, 2.05) is 0 Å². The van der Waals surface area contributed by atoms with Crippen LogP contribution < -0.4 is 10.1 Å². The molecule has 0 saturated carbocycles. The van der Waals surface area contributed by atoms with E-state index in [1.165, 1.54) is 0 Å². The van der Waals surface area contributed by atoms with Crippen LogP contribution >= 0.6 is 0 Å². The largest absolute Gasteiger partial charge is 0.491 e. The predicted octanol–water partition coefficient (Wildman–Crippen LogP) is 1.23. The van der Waals surface area contributed by atoms with Gasteiger partial charge in [0, 0.05) is 20.3 Å². The van der Waals surface area contributed by atoms with Crippen molar-refractivity contribution < 1.29 is 24.1 Å². The number of hydrogen-bond donors (Lipinski definition) is 2. The minimum atomic E-state index is -0.590. The Labute approximate surface area is 131 Å². The molecule has 0 amide bonds. The summed E-state index contributed by atoms with van der Waals surface area (Å²) >= 11 is 0. The van der Waals surface area contributed by atoms with E-state index < -0.39 is 6.10 Å². The first-order valence-electron chi connectivity index (χ1n) is 7.45. The van der Waals surface area contributed by atoms with Gasteiger partial charge in [-0.1, -0.05) is 0 Å². The molecule has 0 saturated heterocycles. The zero-order chi connectivity index (χ0) is 16.2. The smallest absolute Gasteiger partial charge is 0.338 e. The standard InChI is InChI=1S/C16H25NO5/c1-3-21-16(19)13-5-7-15(8-6-13)22-12-14(18)11-17-9-4-10-20-2/h5-8,14,17-18H,3-4,9-12H2,1-2H3/t14-/m1/s1. The molecule has 0 heterocycles. The monoisotopic (exact) mass is 311 g/mol. The number of aliphatic hydroxyl groups excluding tert-OH is 1. The molecule has 1 aromatic rings. The number of carbonyl (C=O) groups excluding carboxylic acids is 1. The van der Waals surface area contributed by atoms with Crippen molar-refractivity contribution >= 4 is 5.97 Å². The van der Waals surface area contributed by atoms with E-state index in [0.29, 0.717) is 31.1 Å². The molecule has 1 aromatic carbocycles. The van der Waals surface area contributed by atoms with Gasteiger partial charge in [0.1, 0.15) is 18.5 Å². The van der Waals surface area contributed by atoms with Crippen LogP contribution in [0.3, 0.4) is 0 Å². The van der Waals surface area contributed by atoms with Crippen molar-refractivity contribution in [1.29, 1.82) is 0 Å². The number of esters is 1. The molecule has 6 nitrogen and oxygen atoms in total. The minimum Gasteiger partial charge on any atom is -0.491 e. The van der Waals surface area contributed by atoms with E-state index in [2.05, 4.69) is 5.32 Å². The second-order valence-electron chi connectivity index (χ2n) is 4.76. The summed E-state index contributed by atoms with van der Waals surface area (Å²) in [7, 11) is 1.66. The molecule has 2 N–H and O–H groups in total. The fourth-order valence-electron chi connectivity index (χ4n) is 1.76. The first-order valence-corrected chi connectivity index (χ1v) is 7.45. The third kappa shape index (κ3) is 7.40. The maximum Gasteiger partial charge on any atom is 0.338 e. The lowest BCUT2D eigenvalue weighted by Crippen LogP contribution is -2.32. The lowest BCUT2D eigenvalue weighted by Gasteiger charge is -2.13. The average molecular weight is 311 g/mol. The first kappa shape index (κ1) is 18.4. The molecule has 124 valence electrons. The Bertz CT molecular complexity index is 421. The molecule has 1 rings (SSSR count). The molecule has 0 fully saturated rings. The fourth-order valence-corrected chi connectivity index (χ4v) is 1.76. The molecule has 6 heteroatoms. The summed E-state index contributed by atoms with van der Waals surface area (Å²) in [5.74, 6) is 0.251. The highest BCUT2D eigenvalue weighted by Gasteiger charge is 2.07. The molecule has 1 atom stereocenters. The van der Waals surface area contributed by atoms with Gasteiger partial charge in [-0.2, -0.15) is 0 Å². The van der Waals surface area contributed by atoms with Crippen LogP contribution in [0.4, 0.5) is 0 Å². The number of benzene rings is 1. The lowest BCUT2D eigenvalue weighted by molar-refractivity contribution is 0.0526. The number of carbonyl (C=O) groups is 1. The normalized spacial score (nSPS) is 12.0. The van der Waals surface area contributed by atoms with Crippen LogP contribution in [-0.2, 0) is 9.47 Å². The van der Waals surface area contributed by atoms with Gasteiger partial charge in [-0.25, -0.2) is 4.79 Å². The lowest BCUT2D eigenvalue weighted by atomic mass is 10.2. The van der Waals surface area contributed by atoms with Gasteiger partial charge in [0.05, 0.1) is 12.2 Å². The van der Waals surface area contributed by atoms with Crippen molar-refractivity contribution in [2.24, 2.45) is 0 Å². The highest BCUT2D eigenvalue weighted by molar-refractivity contribution is 5.89. The molecule has 0 spiro atoms. The van der Waals surface area contributed by atoms with Gasteiger partial charge in [0.15, 0.2) is 0 Å². The molecule has 0 aliphatic rings. The van der Waals surface area contributed by atoms with Crippen LogP contribution in [0, 0.1) is 0 Å². The number of methoxy groups -OCH3 is 1. The third-order valence-corrected chi connectivity index (χ3v) is 2.89. The van der Waals surface area contributed by atoms with E-state index in [9.17, 15) is 9.90 Å². The van der Waals surface area contributed by atoms with Crippen LogP contribution in [0.15, 0.2) is 24.3 Å². The third-order valence-electron chi connectivity index (χ3n) is 2.89. The Morgan fingerprint density at radius 2 is 2.05 bits per heavy atom. The van der Waals surface area contributed by atoms with E-state index in [4.69, 9.17) is 14.2 Å². The zero-order valence-electron chi connectivity index (χ0n) is 13.2. The van der Waals surface area contributed by atoms with Crippen molar-refractivity contribution in [2.45, 2.75) is 19.4 Å². The summed E-state index contributed by atoms with van der Waals surface area (Å²) in [5.41, 5.74) is 0.481. The highest BCUT2D eigenvalue weighted by atomic mass is 16.5. The van der Waals surface area contributed by atoms with Crippen molar-refractivity contribution in [1.82, 2.24) is 5.32 Å². The van der Waals surface area contributed by atoms with Crippen LogP contribution in [-0.4, -0.2) is 57.2 Å². The second kappa shape index (κ2) is 11.0. The van der Waals surface area contributed by atoms with Crippen LogP contribution in [0.2, 0.25) is 0 Å². The Morgan fingerprint density at radius 1 is 1.32 bits per heavy atom. The van der Waals surface area contributed by atoms with E-state index in [-0.39, 0.29) is 12.6 Å². The van der Waals surface area contributed by atoms with Crippen molar-refractivity contribution in [3.63, 3.8) is 0 Å². The Kier molecular flexibility index (Phi) is 9.21. The van der Waals surface area contributed by atoms with Crippen molar-refractivity contribution in [3.05, 3.63) is 29.8 Å². The molecule has 0 aromatic heterocycles. The summed E-state index contributed by atoms with van der Waals surface area (Å²) in [6.45, 7) is 4.26. The highest BCUT2D eigenvalue weighted by Crippen LogP contribution is 2.13. The van der Waals surface area contributed by atoms with E-state index in [0.717, 1.165) is 13.0 Å². The molecular weight excluding hydrogens is 286 g/mol. The van der Waals surface area contributed by atoms with Gasteiger partial charge >= 0.3 is 5.97 Å². The van der Waals surface area contributed by atoms with Crippen LogP contribution in [0.1, 0.15) is 23.7 Å². The predicted molar refractivity (Wildman–Crippen MR) is 83.3 cm³/mol. The summed E-state index contributed by atoms with van der Waals surface area (Å²) in [5, 5.41) is 12.9. The number of hydrogen-bond acceptors (Lipinski definition) is 6. The SMILES string of the molecule is CCOC(=O)c1ccc(OC[C@H](O)CNCCCOC)cc1. The van der Waals surface area contributed by atoms with Gasteiger partial charge in [-0.15, -0.1) is 0 Å². The van der Waals surface area contributed by atoms with Gasteiger partial charge < -0.3 is 24.6 Å². The van der Waals surface area contributed by atoms with Crippen LogP contribution in [0.5, 0.6) is 5.75 Å². The Morgan fingerprint density at radius 3 is 2.68 bits per heavy atom. The molecule has 0 bridgehead atoms. The molecule has 22 heavy (non-hydrogen) atoms. The van der Waals surface area contributed by atoms with Crippen molar-refractivity contribution in [2.75, 3.05) is 40.0 Å². The van der Waals surface area contributed by atoms with Gasteiger partial charge in [-0.3, -0.25) is 0 Å². The fraction of sp³-hybridized carbons (Fsp3) is 0.562. The van der Waals surface area contributed by atoms with Gasteiger partial charge in [-0.05, 0) is 44.2 Å². The molecule has 0 aliphatic heterocycles. The van der Waals surface area contributed by atoms with Gasteiger partial charge in [0.2, 0.25) is 0 Å². The van der Waals surface area contributed by atoms with Crippen LogP contribution in [0.25, 0.3) is 0 Å². The summed E-state index contributed by atoms with van der Waals surface area (Å²) < 4.78 is 15.3. The summed E-state index contributed by atoms with van der Waals surface area (Å²) in [6.07, 6.45) is 0.312. The van der Waals surface area contributed by atoms with E-state index >= 15 is 0 Å². The average Bonchev–Trinajstić information content (AvgIpc) is 2.53. The maximum atomic E-state index is 11.5. The van der Waals surface area contributed by atoms with Gasteiger partial charge in [0.25, 0.3) is 0 Å². The van der Waals surface area contributed by atoms with E-state index in [1.54, 1.807) is 38.3 Å². The summed E-state index contributed by atoms with van der Waals surface area (Å²) in [6, 6.07) is 6.65. The molecule has 0 aliphatic carbocycles. The number of ether oxygens (including phenoxy) is 3. The molecule has 0 radical (unpaired) electrons. The quantitative estimate of drug-likeness (QED) is 0.473. The second-order valence-corrected chi connectivity index (χ2v) is 4.76. The number of rotatable bonds is 11. The van der Waals surface area contributed by atoms with Crippen molar-refractivity contribution in [3.8, 4) is 5.75 Å². The Balaban J connectivity index is 2.25. The Hall–Kier alpha value is -1.63.